The predicted molar refractivity (Wildman–Crippen MR) is 115 cm³/mol. The molecule has 2 N–H and O–H groups in total. The van der Waals surface area contributed by atoms with E-state index in [4.69, 9.17) is 19.3 Å². The molecular formula is C19H40O8S2. The van der Waals surface area contributed by atoms with Crippen LogP contribution in [0.3, 0.4) is 0 Å². The van der Waals surface area contributed by atoms with Crippen molar-refractivity contribution in [3.05, 3.63) is 0 Å². The van der Waals surface area contributed by atoms with Gasteiger partial charge in [0.25, 0.3) is 10.1 Å². The van der Waals surface area contributed by atoms with Gasteiger partial charge in [-0.3, -0.25) is 4.55 Å². The van der Waals surface area contributed by atoms with E-state index in [0.717, 1.165) is 69.3 Å². The van der Waals surface area contributed by atoms with Gasteiger partial charge >= 0.3 is 0 Å². The molecule has 29 heavy (non-hydrogen) atoms. The Kier molecular flexibility index (Phi) is 15.8. The molecule has 10 heteroatoms. The van der Waals surface area contributed by atoms with Crippen molar-refractivity contribution in [1.29, 1.82) is 0 Å². The number of ether oxygens (including phenoxy) is 2. The van der Waals surface area contributed by atoms with E-state index < -0.39 is 15.5 Å². The highest BCUT2D eigenvalue weighted by Gasteiger charge is 2.24. The maximum atomic E-state index is 11.0. The van der Waals surface area contributed by atoms with Crippen LogP contribution in [0.15, 0.2) is 0 Å². The Bertz CT molecular complexity index is 494. The van der Waals surface area contributed by atoms with Crippen molar-refractivity contribution in [3.63, 3.8) is 0 Å². The van der Waals surface area contributed by atoms with Gasteiger partial charge in [-0.2, -0.15) is 8.42 Å². The smallest absolute Gasteiger partial charge is 0.265 e. The van der Waals surface area contributed by atoms with Crippen molar-refractivity contribution in [2.24, 2.45) is 10.8 Å². The summed E-state index contributed by atoms with van der Waals surface area (Å²) in [4.78, 5) is 0. The van der Waals surface area contributed by atoms with Gasteiger partial charge in [0.15, 0.2) is 0 Å². The van der Waals surface area contributed by atoms with Gasteiger partial charge in [0.05, 0.1) is 5.75 Å². The van der Waals surface area contributed by atoms with Crippen LogP contribution in [-0.2, 0) is 29.0 Å². The summed E-state index contributed by atoms with van der Waals surface area (Å²) in [6.45, 7) is 10.7. The lowest BCUT2D eigenvalue weighted by Gasteiger charge is -2.22. The van der Waals surface area contributed by atoms with Crippen LogP contribution in [0.2, 0.25) is 0 Å². The minimum Gasteiger partial charge on any atom is -0.381 e. The van der Waals surface area contributed by atoms with E-state index in [-0.39, 0.29) is 11.2 Å². The van der Waals surface area contributed by atoms with Crippen LogP contribution in [-0.4, -0.2) is 56.2 Å². The molecule has 0 bridgehead atoms. The molecule has 0 fully saturated rings. The fraction of sp³-hybridized carbons (Fsp3) is 1.00. The fourth-order valence-corrected chi connectivity index (χ4v) is 4.61. The molecule has 0 spiro atoms. The minimum absolute atomic E-state index is 0.110. The lowest BCUT2D eigenvalue weighted by molar-refractivity contribution is -0.432. The first kappa shape index (κ1) is 29.1. The molecule has 0 aromatic carbocycles. The Labute approximate surface area is 180 Å². The van der Waals surface area contributed by atoms with E-state index in [9.17, 15) is 8.42 Å². The molecule has 0 heterocycles. The Morgan fingerprint density at radius 2 is 1.28 bits per heavy atom. The summed E-state index contributed by atoms with van der Waals surface area (Å²) in [6.07, 6.45) is 6.45. The fourth-order valence-electron chi connectivity index (χ4n) is 2.93. The standard InChI is InChI=1S/C19H40O8S2/c1-18(2,16-28-27-26-20)10-5-7-12-24-14-9-15-25-13-8-6-11-19(3,4)17-29(21,22)23/h20H,5-17H2,1-4H3,(H,21,22,23). The first-order chi connectivity index (χ1) is 13.5. The van der Waals surface area contributed by atoms with Crippen LogP contribution in [0.25, 0.3) is 0 Å². The molecule has 0 saturated carbocycles. The molecule has 8 nitrogen and oxygen atoms in total. The maximum Gasteiger partial charge on any atom is 0.265 e. The quantitative estimate of drug-likeness (QED) is 0.0873. The molecule has 0 saturated heterocycles. The lowest BCUT2D eigenvalue weighted by atomic mass is 9.89. The van der Waals surface area contributed by atoms with Crippen LogP contribution < -0.4 is 0 Å². The highest BCUT2D eigenvalue weighted by atomic mass is 32.2. The summed E-state index contributed by atoms with van der Waals surface area (Å²) < 4.78 is 46.5. The largest absolute Gasteiger partial charge is 0.381 e. The van der Waals surface area contributed by atoms with Crippen LogP contribution in [0.5, 0.6) is 0 Å². The van der Waals surface area contributed by atoms with Crippen molar-refractivity contribution >= 4 is 22.2 Å². The minimum atomic E-state index is -3.92. The molecule has 0 unspecified atom stereocenters. The number of unbranched alkanes of at least 4 members (excludes halogenated alkanes) is 2. The van der Waals surface area contributed by atoms with Gasteiger partial charge < -0.3 is 9.47 Å². The zero-order chi connectivity index (χ0) is 22.2. The van der Waals surface area contributed by atoms with E-state index in [1.165, 1.54) is 0 Å². The summed E-state index contributed by atoms with van der Waals surface area (Å²) in [7, 11) is -3.92. The molecule has 0 aromatic rings. The maximum absolute atomic E-state index is 11.0. The SMILES string of the molecule is CC(C)(CCCCOCCCOCCCCC(C)(C)CS(=O)(=O)O)CSOOO. The van der Waals surface area contributed by atoms with Crippen LogP contribution in [0, 0.1) is 10.8 Å². The summed E-state index contributed by atoms with van der Waals surface area (Å²) in [5.74, 6) is 0.533. The average Bonchev–Trinajstić information content (AvgIpc) is 2.57. The molecule has 0 aliphatic heterocycles. The summed E-state index contributed by atoms with van der Waals surface area (Å²) in [5, 5.41) is 11.7. The van der Waals surface area contributed by atoms with E-state index in [2.05, 4.69) is 23.2 Å². The number of hydrogen-bond donors (Lipinski definition) is 2. The van der Waals surface area contributed by atoms with Crippen molar-refractivity contribution in [1.82, 2.24) is 0 Å². The van der Waals surface area contributed by atoms with Gasteiger partial charge in [-0.25, -0.2) is 5.26 Å². The van der Waals surface area contributed by atoms with Gasteiger partial charge in [0.2, 0.25) is 0 Å². The van der Waals surface area contributed by atoms with E-state index in [0.29, 0.717) is 19.8 Å². The zero-order valence-electron chi connectivity index (χ0n) is 18.4. The molecule has 0 aliphatic rings. The molecule has 176 valence electrons. The zero-order valence-corrected chi connectivity index (χ0v) is 20.0. The van der Waals surface area contributed by atoms with Crippen molar-refractivity contribution < 1.29 is 37.1 Å². The van der Waals surface area contributed by atoms with Crippen LogP contribution >= 0.6 is 12.0 Å². The molecule has 0 rings (SSSR count). The normalized spacial score (nSPS) is 13.2. The third-order valence-corrected chi connectivity index (χ3v) is 6.67. The topological polar surface area (TPSA) is 112 Å². The Hall–Kier alpha value is 0.0600. The van der Waals surface area contributed by atoms with Crippen LogP contribution in [0.4, 0.5) is 0 Å². The second kappa shape index (κ2) is 15.8. The molecule has 0 radical (unpaired) electrons. The summed E-state index contributed by atoms with van der Waals surface area (Å²) in [5.41, 5.74) is -0.310. The van der Waals surface area contributed by atoms with Gasteiger partial charge in [0.1, 0.15) is 0 Å². The average molecular weight is 461 g/mol. The predicted octanol–water partition coefficient (Wildman–Crippen LogP) is 4.76. The lowest BCUT2D eigenvalue weighted by Crippen LogP contribution is -2.23. The Morgan fingerprint density at radius 3 is 1.76 bits per heavy atom. The molecule has 0 aliphatic carbocycles. The second-order valence-corrected chi connectivity index (χ2v) is 11.1. The Morgan fingerprint density at radius 1 is 0.793 bits per heavy atom. The summed E-state index contributed by atoms with van der Waals surface area (Å²) >= 11 is 1.10. The molecular weight excluding hydrogens is 420 g/mol. The third-order valence-electron chi connectivity index (χ3n) is 4.46. The van der Waals surface area contributed by atoms with E-state index in [1.807, 2.05) is 13.8 Å². The third kappa shape index (κ3) is 21.1. The Balaban J connectivity index is 3.44. The monoisotopic (exact) mass is 460 g/mol. The highest BCUT2D eigenvalue weighted by molar-refractivity contribution is 7.94. The number of hydrogen-bond acceptors (Lipinski definition) is 8. The first-order valence-corrected chi connectivity index (χ1v) is 12.7. The van der Waals surface area contributed by atoms with Gasteiger partial charge in [-0.1, -0.05) is 45.6 Å². The van der Waals surface area contributed by atoms with E-state index >= 15 is 0 Å². The van der Waals surface area contributed by atoms with Gasteiger partial charge in [0, 0.05) is 44.2 Å². The highest BCUT2D eigenvalue weighted by Crippen LogP contribution is 2.28. The molecule has 0 amide bonds. The second-order valence-electron chi connectivity index (χ2n) is 8.95. The van der Waals surface area contributed by atoms with Gasteiger partial charge in [-0.05, 0) is 42.9 Å². The van der Waals surface area contributed by atoms with Crippen molar-refractivity contribution in [3.8, 4) is 0 Å². The van der Waals surface area contributed by atoms with Gasteiger partial charge in [-0.15, -0.1) is 4.33 Å². The van der Waals surface area contributed by atoms with Crippen molar-refractivity contribution in [2.75, 3.05) is 37.9 Å². The first-order valence-electron chi connectivity index (χ1n) is 10.2. The van der Waals surface area contributed by atoms with Crippen LogP contribution in [0.1, 0.15) is 72.6 Å². The molecule has 0 atom stereocenters. The molecule has 0 aromatic heterocycles. The van der Waals surface area contributed by atoms with E-state index in [1.54, 1.807) is 0 Å². The number of rotatable bonds is 20. The summed E-state index contributed by atoms with van der Waals surface area (Å²) in [6, 6.07) is 0. The van der Waals surface area contributed by atoms with Crippen molar-refractivity contribution in [2.45, 2.75) is 72.6 Å².